The lowest BCUT2D eigenvalue weighted by molar-refractivity contribution is 0.0952. The fourth-order valence-corrected chi connectivity index (χ4v) is 2.78. The predicted molar refractivity (Wildman–Crippen MR) is 80.6 cm³/mol. The first-order chi connectivity index (χ1) is 10.1. The van der Waals surface area contributed by atoms with Gasteiger partial charge in [0.2, 0.25) is 0 Å². The molecule has 0 saturated carbocycles. The lowest BCUT2D eigenvalue weighted by Gasteiger charge is -2.08. The maximum absolute atomic E-state index is 12.2. The van der Waals surface area contributed by atoms with Crippen molar-refractivity contribution in [1.29, 1.82) is 0 Å². The van der Waals surface area contributed by atoms with E-state index in [-0.39, 0.29) is 5.91 Å². The summed E-state index contributed by atoms with van der Waals surface area (Å²) >= 11 is 1.62. The molecule has 1 amide bonds. The Labute approximate surface area is 125 Å². The maximum Gasteiger partial charge on any atom is 0.254 e. The minimum atomic E-state index is -0.135. The Kier molecular flexibility index (Phi) is 3.66. The molecule has 0 saturated heterocycles. The second kappa shape index (κ2) is 5.61. The molecule has 0 radical (unpaired) electrons. The first kappa shape index (κ1) is 13.7. The second-order valence-corrected chi connectivity index (χ2v) is 5.78. The average molecular weight is 301 g/mol. The maximum atomic E-state index is 12.2. The van der Waals surface area contributed by atoms with Crippen LogP contribution in [0.15, 0.2) is 23.8 Å². The molecule has 0 unspecified atom stereocenters. The van der Waals surface area contributed by atoms with Gasteiger partial charge in [-0.05, 0) is 13.8 Å². The number of carbonyl (C=O) groups excluding carboxylic acids is 1. The summed E-state index contributed by atoms with van der Waals surface area (Å²) in [6.07, 6.45) is 3.99. The smallest absolute Gasteiger partial charge is 0.254 e. The van der Waals surface area contributed by atoms with Gasteiger partial charge in [0.15, 0.2) is 5.65 Å². The van der Waals surface area contributed by atoms with Gasteiger partial charge < -0.3 is 5.32 Å². The Bertz CT molecular complexity index is 792. The summed E-state index contributed by atoms with van der Waals surface area (Å²) in [4.78, 5) is 20.8. The van der Waals surface area contributed by atoms with Gasteiger partial charge in [0.05, 0.1) is 28.2 Å². The lowest BCUT2D eigenvalue weighted by atomic mass is 10.2. The Balaban J connectivity index is 1.67. The molecule has 3 rings (SSSR count). The number of thiazole rings is 1. The van der Waals surface area contributed by atoms with Crippen molar-refractivity contribution in [3.63, 3.8) is 0 Å². The molecule has 1 N–H and O–H groups in total. The van der Waals surface area contributed by atoms with E-state index in [9.17, 15) is 4.79 Å². The van der Waals surface area contributed by atoms with Crippen LogP contribution >= 0.6 is 11.3 Å². The molecular formula is C14H15N5OS. The fourth-order valence-electron chi connectivity index (χ4n) is 2.14. The van der Waals surface area contributed by atoms with Crippen LogP contribution in [0.4, 0.5) is 0 Å². The Morgan fingerprint density at radius 3 is 3.05 bits per heavy atom. The average Bonchev–Trinajstić information content (AvgIpc) is 3.08. The van der Waals surface area contributed by atoms with Gasteiger partial charge in [-0.15, -0.1) is 11.3 Å². The predicted octanol–water partition coefficient (Wildman–Crippen LogP) is 1.78. The number of amides is 1. The first-order valence-corrected chi connectivity index (χ1v) is 7.51. The van der Waals surface area contributed by atoms with Crippen LogP contribution in [0.1, 0.15) is 26.8 Å². The molecule has 0 fully saturated rings. The Morgan fingerprint density at radius 1 is 1.43 bits per heavy atom. The lowest BCUT2D eigenvalue weighted by Crippen LogP contribution is -2.27. The summed E-state index contributed by atoms with van der Waals surface area (Å²) in [6, 6.07) is 1.80. The number of carbonyl (C=O) groups is 1. The largest absolute Gasteiger partial charge is 0.352 e. The molecule has 3 heterocycles. The van der Waals surface area contributed by atoms with Gasteiger partial charge in [0.25, 0.3) is 5.91 Å². The van der Waals surface area contributed by atoms with Crippen molar-refractivity contribution in [2.45, 2.75) is 20.3 Å². The van der Waals surface area contributed by atoms with Crippen LogP contribution in [0.25, 0.3) is 5.65 Å². The molecule has 0 aromatic carbocycles. The third kappa shape index (κ3) is 2.78. The zero-order valence-corrected chi connectivity index (χ0v) is 12.6. The quantitative estimate of drug-likeness (QED) is 0.797. The van der Waals surface area contributed by atoms with Crippen LogP contribution in [-0.4, -0.2) is 32.0 Å². The summed E-state index contributed by atoms with van der Waals surface area (Å²) in [5.41, 5.74) is 3.07. The van der Waals surface area contributed by atoms with Gasteiger partial charge in [-0.25, -0.2) is 14.5 Å². The number of nitrogens with one attached hydrogen (secondary N) is 1. The molecule has 3 aromatic heterocycles. The van der Waals surface area contributed by atoms with Gasteiger partial charge in [-0.1, -0.05) is 0 Å². The van der Waals surface area contributed by atoms with E-state index in [1.165, 1.54) is 0 Å². The van der Waals surface area contributed by atoms with E-state index >= 15 is 0 Å². The van der Waals surface area contributed by atoms with Gasteiger partial charge in [0.1, 0.15) is 0 Å². The monoisotopic (exact) mass is 301 g/mol. The van der Waals surface area contributed by atoms with Crippen LogP contribution < -0.4 is 5.32 Å². The standard InChI is InChI=1S/C14H15N5OS/c1-9-12(7-16-13-4-6-17-19(9)13)14(20)15-5-3-11-8-21-10(2)18-11/h4,6-8H,3,5H2,1-2H3,(H,15,20). The molecule has 108 valence electrons. The van der Waals surface area contributed by atoms with E-state index in [1.807, 2.05) is 19.2 Å². The summed E-state index contributed by atoms with van der Waals surface area (Å²) in [5, 5.41) is 10.1. The van der Waals surface area contributed by atoms with E-state index in [0.717, 1.165) is 28.5 Å². The molecule has 6 nitrogen and oxygen atoms in total. The number of hydrogen-bond donors (Lipinski definition) is 1. The molecule has 3 aromatic rings. The van der Waals surface area contributed by atoms with Gasteiger partial charge >= 0.3 is 0 Å². The minimum Gasteiger partial charge on any atom is -0.352 e. The van der Waals surface area contributed by atoms with E-state index in [0.29, 0.717) is 12.1 Å². The molecule has 7 heteroatoms. The van der Waals surface area contributed by atoms with E-state index in [4.69, 9.17) is 0 Å². The zero-order chi connectivity index (χ0) is 14.8. The third-order valence-corrected chi connectivity index (χ3v) is 4.06. The molecule has 0 aliphatic rings. The topological polar surface area (TPSA) is 72.2 Å². The third-order valence-electron chi connectivity index (χ3n) is 3.23. The minimum absolute atomic E-state index is 0.135. The van der Waals surface area contributed by atoms with Crippen molar-refractivity contribution in [2.24, 2.45) is 0 Å². The van der Waals surface area contributed by atoms with Gasteiger partial charge in [-0.3, -0.25) is 4.79 Å². The highest BCUT2D eigenvalue weighted by atomic mass is 32.1. The molecular weight excluding hydrogens is 286 g/mol. The Morgan fingerprint density at radius 2 is 2.29 bits per heavy atom. The van der Waals surface area contributed by atoms with Crippen molar-refractivity contribution >= 4 is 22.9 Å². The zero-order valence-electron chi connectivity index (χ0n) is 11.8. The Hall–Kier alpha value is -2.28. The number of hydrogen-bond acceptors (Lipinski definition) is 5. The SMILES string of the molecule is Cc1nc(CCNC(=O)c2cnc3ccnn3c2C)cs1. The second-order valence-electron chi connectivity index (χ2n) is 4.72. The van der Waals surface area contributed by atoms with Crippen molar-refractivity contribution in [3.05, 3.63) is 45.8 Å². The van der Waals surface area contributed by atoms with Gasteiger partial charge in [-0.2, -0.15) is 5.10 Å². The molecule has 0 atom stereocenters. The molecule has 0 spiro atoms. The fraction of sp³-hybridized carbons (Fsp3) is 0.286. The van der Waals surface area contributed by atoms with Crippen LogP contribution in [0.5, 0.6) is 0 Å². The molecule has 0 aliphatic heterocycles. The number of fused-ring (bicyclic) bond motifs is 1. The first-order valence-electron chi connectivity index (χ1n) is 6.63. The molecule has 0 aliphatic carbocycles. The molecule has 0 bridgehead atoms. The number of aromatic nitrogens is 4. The number of aryl methyl sites for hydroxylation is 2. The van der Waals surface area contributed by atoms with Crippen molar-refractivity contribution in [2.75, 3.05) is 6.54 Å². The summed E-state index contributed by atoms with van der Waals surface area (Å²) in [6.45, 7) is 4.39. The normalized spacial score (nSPS) is 11.0. The van der Waals surface area contributed by atoms with E-state index < -0.39 is 0 Å². The molecule has 21 heavy (non-hydrogen) atoms. The summed E-state index contributed by atoms with van der Waals surface area (Å²) in [7, 11) is 0. The van der Waals surface area contributed by atoms with E-state index in [2.05, 4.69) is 20.4 Å². The van der Waals surface area contributed by atoms with Gasteiger partial charge in [0, 0.05) is 30.6 Å². The highest BCUT2D eigenvalue weighted by Crippen LogP contribution is 2.10. The van der Waals surface area contributed by atoms with Crippen molar-refractivity contribution < 1.29 is 4.79 Å². The number of rotatable bonds is 4. The highest BCUT2D eigenvalue weighted by molar-refractivity contribution is 7.09. The van der Waals surface area contributed by atoms with Crippen molar-refractivity contribution in [3.8, 4) is 0 Å². The van der Waals surface area contributed by atoms with Crippen LogP contribution in [0, 0.1) is 13.8 Å². The summed E-state index contributed by atoms with van der Waals surface area (Å²) < 4.78 is 1.67. The van der Waals surface area contributed by atoms with Crippen LogP contribution in [-0.2, 0) is 6.42 Å². The summed E-state index contributed by atoms with van der Waals surface area (Å²) in [5.74, 6) is -0.135. The van der Waals surface area contributed by atoms with Crippen LogP contribution in [0.3, 0.4) is 0 Å². The number of nitrogens with zero attached hydrogens (tertiary/aromatic N) is 4. The van der Waals surface area contributed by atoms with Crippen molar-refractivity contribution in [1.82, 2.24) is 24.9 Å². The van der Waals surface area contributed by atoms with E-state index in [1.54, 1.807) is 34.3 Å². The van der Waals surface area contributed by atoms with Crippen LogP contribution in [0.2, 0.25) is 0 Å². The highest BCUT2D eigenvalue weighted by Gasteiger charge is 2.12.